The molecule has 1 aromatic rings. The fourth-order valence-electron chi connectivity index (χ4n) is 2.71. The van der Waals surface area contributed by atoms with Crippen molar-refractivity contribution in [3.8, 4) is 5.75 Å². The zero-order valence-corrected chi connectivity index (χ0v) is 12.5. The first-order valence-corrected chi connectivity index (χ1v) is 8.01. The lowest BCUT2D eigenvalue weighted by molar-refractivity contribution is 0.222. The van der Waals surface area contributed by atoms with E-state index in [0.717, 1.165) is 6.42 Å². The average Bonchev–Trinajstić information content (AvgIpc) is 2.37. The van der Waals surface area contributed by atoms with Crippen LogP contribution in [0, 0.1) is 11.8 Å². The van der Waals surface area contributed by atoms with Crippen molar-refractivity contribution in [2.75, 3.05) is 20.2 Å². The predicted molar refractivity (Wildman–Crippen MR) is 74.7 cm³/mol. The van der Waals surface area contributed by atoms with Crippen LogP contribution >= 0.6 is 0 Å². The van der Waals surface area contributed by atoms with E-state index in [1.54, 1.807) is 28.6 Å². The van der Waals surface area contributed by atoms with Crippen LogP contribution in [0.1, 0.15) is 20.3 Å². The van der Waals surface area contributed by atoms with Crippen LogP contribution in [0.2, 0.25) is 0 Å². The second-order valence-electron chi connectivity index (χ2n) is 5.45. The van der Waals surface area contributed by atoms with Gasteiger partial charge in [0.15, 0.2) is 0 Å². The lowest BCUT2D eigenvalue weighted by Crippen LogP contribution is -2.42. The molecule has 2 rings (SSSR count). The topological polar surface area (TPSA) is 46.6 Å². The van der Waals surface area contributed by atoms with E-state index in [2.05, 4.69) is 13.8 Å². The van der Waals surface area contributed by atoms with Gasteiger partial charge in [0.2, 0.25) is 10.0 Å². The molecule has 1 heterocycles. The highest BCUT2D eigenvalue weighted by Crippen LogP contribution is 2.27. The molecule has 0 N–H and O–H groups in total. The van der Waals surface area contributed by atoms with Crippen LogP contribution < -0.4 is 4.74 Å². The van der Waals surface area contributed by atoms with Crippen LogP contribution in [0.3, 0.4) is 0 Å². The van der Waals surface area contributed by atoms with E-state index >= 15 is 0 Å². The van der Waals surface area contributed by atoms with Gasteiger partial charge < -0.3 is 4.74 Å². The van der Waals surface area contributed by atoms with Crippen molar-refractivity contribution >= 4 is 10.0 Å². The molecule has 0 bridgehead atoms. The monoisotopic (exact) mass is 283 g/mol. The Morgan fingerprint density at radius 1 is 1.21 bits per heavy atom. The molecule has 0 aromatic heterocycles. The molecule has 1 saturated heterocycles. The second-order valence-corrected chi connectivity index (χ2v) is 7.38. The predicted octanol–water partition coefficient (Wildman–Crippen LogP) is 2.36. The number of piperidine rings is 1. The molecule has 0 saturated carbocycles. The van der Waals surface area contributed by atoms with E-state index in [4.69, 9.17) is 4.74 Å². The smallest absolute Gasteiger partial charge is 0.243 e. The van der Waals surface area contributed by atoms with E-state index in [0.29, 0.717) is 35.6 Å². The molecule has 1 aromatic carbocycles. The van der Waals surface area contributed by atoms with Crippen molar-refractivity contribution in [1.82, 2.24) is 4.31 Å². The summed E-state index contributed by atoms with van der Waals surface area (Å²) in [7, 11) is -1.87. The number of hydrogen-bond acceptors (Lipinski definition) is 3. The Morgan fingerprint density at radius 2 is 1.84 bits per heavy atom. The molecule has 2 unspecified atom stereocenters. The van der Waals surface area contributed by atoms with Crippen molar-refractivity contribution in [1.29, 1.82) is 0 Å². The molecule has 19 heavy (non-hydrogen) atoms. The van der Waals surface area contributed by atoms with Crippen molar-refractivity contribution in [2.45, 2.75) is 25.2 Å². The lowest BCUT2D eigenvalue weighted by Gasteiger charge is -2.34. The Hall–Kier alpha value is -1.07. The van der Waals surface area contributed by atoms with Crippen molar-refractivity contribution < 1.29 is 13.2 Å². The number of rotatable bonds is 3. The average molecular weight is 283 g/mol. The van der Waals surface area contributed by atoms with Crippen LogP contribution in [0.25, 0.3) is 0 Å². The van der Waals surface area contributed by atoms with Crippen LogP contribution in [0.15, 0.2) is 29.2 Å². The van der Waals surface area contributed by atoms with Crippen molar-refractivity contribution in [3.05, 3.63) is 24.3 Å². The van der Waals surface area contributed by atoms with Gasteiger partial charge in [0.25, 0.3) is 0 Å². The summed E-state index contributed by atoms with van der Waals surface area (Å²) in [6, 6.07) is 6.67. The Balaban J connectivity index is 2.30. The third kappa shape index (κ3) is 3.09. The molecule has 2 atom stereocenters. The van der Waals surface area contributed by atoms with Gasteiger partial charge in [-0.15, -0.1) is 0 Å². The van der Waals surface area contributed by atoms with E-state index in [1.165, 1.54) is 7.11 Å². The zero-order valence-electron chi connectivity index (χ0n) is 11.7. The minimum atomic E-state index is -3.41. The highest BCUT2D eigenvalue weighted by atomic mass is 32.2. The summed E-state index contributed by atoms with van der Waals surface area (Å²) in [6.07, 6.45) is 1.09. The molecule has 1 fully saturated rings. The maximum absolute atomic E-state index is 12.6. The fraction of sp³-hybridized carbons (Fsp3) is 0.571. The Labute approximate surface area is 115 Å². The summed E-state index contributed by atoms with van der Waals surface area (Å²) < 4.78 is 31.9. The number of benzene rings is 1. The first kappa shape index (κ1) is 14.3. The summed E-state index contributed by atoms with van der Waals surface area (Å²) in [5.41, 5.74) is 0. The number of nitrogens with zero attached hydrogens (tertiary/aromatic N) is 1. The fourth-order valence-corrected chi connectivity index (χ4v) is 4.43. The van der Waals surface area contributed by atoms with Crippen LogP contribution in [0.5, 0.6) is 5.75 Å². The van der Waals surface area contributed by atoms with Crippen molar-refractivity contribution in [3.63, 3.8) is 0 Å². The highest BCUT2D eigenvalue weighted by Gasteiger charge is 2.31. The largest absolute Gasteiger partial charge is 0.497 e. The zero-order chi connectivity index (χ0) is 14.0. The van der Waals surface area contributed by atoms with Gasteiger partial charge in [-0.05, 0) is 30.4 Å². The quantitative estimate of drug-likeness (QED) is 0.855. The minimum absolute atomic E-state index is 0.313. The van der Waals surface area contributed by atoms with Crippen LogP contribution in [-0.4, -0.2) is 32.9 Å². The molecule has 5 heteroatoms. The SMILES string of the molecule is COc1cccc(S(=O)(=O)N2CC(C)CC(C)C2)c1. The van der Waals surface area contributed by atoms with Gasteiger partial charge in [-0.1, -0.05) is 19.9 Å². The summed E-state index contributed by atoms with van der Waals surface area (Å²) in [4.78, 5) is 0.313. The molecule has 1 aliphatic rings. The summed E-state index contributed by atoms with van der Waals surface area (Å²) in [5, 5.41) is 0. The maximum Gasteiger partial charge on any atom is 0.243 e. The Morgan fingerprint density at radius 3 is 2.42 bits per heavy atom. The van der Waals surface area contributed by atoms with E-state index in [-0.39, 0.29) is 0 Å². The normalized spacial score (nSPS) is 25.2. The molecular formula is C14H21NO3S. The van der Waals surface area contributed by atoms with Crippen LogP contribution in [0.4, 0.5) is 0 Å². The van der Waals surface area contributed by atoms with Gasteiger partial charge >= 0.3 is 0 Å². The standard InChI is InChI=1S/C14H21NO3S/c1-11-7-12(2)10-15(9-11)19(16,17)14-6-4-5-13(8-14)18-3/h4-6,8,11-12H,7,9-10H2,1-3H3. The van der Waals surface area contributed by atoms with Gasteiger partial charge in [-0.3, -0.25) is 0 Å². The molecule has 4 nitrogen and oxygen atoms in total. The maximum atomic E-state index is 12.6. The number of hydrogen-bond donors (Lipinski definition) is 0. The third-order valence-electron chi connectivity index (χ3n) is 3.51. The van der Waals surface area contributed by atoms with Gasteiger partial charge in [-0.2, -0.15) is 4.31 Å². The summed E-state index contributed by atoms with van der Waals surface area (Å²) in [6.45, 7) is 5.40. The Bertz CT molecular complexity index is 531. The number of ether oxygens (including phenoxy) is 1. The molecule has 0 aliphatic carbocycles. The minimum Gasteiger partial charge on any atom is -0.497 e. The molecule has 106 valence electrons. The first-order chi connectivity index (χ1) is 8.93. The van der Waals surface area contributed by atoms with E-state index in [1.807, 2.05) is 0 Å². The number of sulfonamides is 1. The van der Waals surface area contributed by atoms with E-state index in [9.17, 15) is 8.42 Å². The van der Waals surface area contributed by atoms with E-state index < -0.39 is 10.0 Å². The molecule has 0 radical (unpaired) electrons. The highest BCUT2D eigenvalue weighted by molar-refractivity contribution is 7.89. The molecular weight excluding hydrogens is 262 g/mol. The van der Waals surface area contributed by atoms with Gasteiger partial charge in [-0.25, -0.2) is 8.42 Å². The second kappa shape index (κ2) is 5.51. The molecule has 0 spiro atoms. The van der Waals surface area contributed by atoms with Crippen LogP contribution in [-0.2, 0) is 10.0 Å². The lowest BCUT2D eigenvalue weighted by atomic mass is 9.94. The Kier molecular flexibility index (Phi) is 4.16. The van der Waals surface area contributed by atoms with Gasteiger partial charge in [0.05, 0.1) is 12.0 Å². The third-order valence-corrected chi connectivity index (χ3v) is 5.34. The summed E-state index contributed by atoms with van der Waals surface area (Å²) >= 11 is 0. The molecule has 0 amide bonds. The first-order valence-electron chi connectivity index (χ1n) is 6.57. The van der Waals surface area contributed by atoms with Crippen molar-refractivity contribution in [2.24, 2.45) is 11.8 Å². The van der Waals surface area contributed by atoms with Gasteiger partial charge in [0, 0.05) is 19.2 Å². The summed E-state index contributed by atoms with van der Waals surface area (Å²) in [5.74, 6) is 1.38. The van der Waals surface area contributed by atoms with Gasteiger partial charge in [0.1, 0.15) is 5.75 Å². The number of methoxy groups -OCH3 is 1. The molecule has 1 aliphatic heterocycles.